The van der Waals surface area contributed by atoms with Gasteiger partial charge in [0.1, 0.15) is 6.04 Å². The fourth-order valence-electron chi connectivity index (χ4n) is 1.43. The molecule has 88 valence electrons. The lowest BCUT2D eigenvalue weighted by molar-refractivity contribution is -0.119. The summed E-state index contributed by atoms with van der Waals surface area (Å²) in [5.41, 5.74) is 7.07. The Balaban J connectivity index is 2.21. The molecule has 0 radical (unpaired) electrons. The molecule has 6 heteroatoms. The van der Waals surface area contributed by atoms with Crippen LogP contribution in [0.4, 0.5) is 0 Å². The number of aromatic amines is 1. The molecule has 0 spiro atoms. The summed E-state index contributed by atoms with van der Waals surface area (Å²) in [7, 11) is 0. The highest BCUT2D eigenvalue weighted by atomic mass is 16.2. The minimum atomic E-state index is -0.694. The van der Waals surface area contributed by atoms with E-state index >= 15 is 0 Å². The number of H-pyrrole nitrogens is 1. The second-order valence-electron chi connectivity index (χ2n) is 3.73. The molecule has 0 aliphatic heterocycles. The van der Waals surface area contributed by atoms with Gasteiger partial charge >= 0.3 is 0 Å². The van der Waals surface area contributed by atoms with Gasteiger partial charge in [0.15, 0.2) is 0 Å². The summed E-state index contributed by atoms with van der Waals surface area (Å²) in [5, 5.41) is 2.50. The van der Waals surface area contributed by atoms with Crippen molar-refractivity contribution in [2.24, 2.45) is 5.73 Å². The number of nitrogens with zero attached hydrogens (tertiary/aromatic N) is 1. The first-order valence-electron chi connectivity index (χ1n) is 5.11. The van der Waals surface area contributed by atoms with Crippen LogP contribution in [0.25, 0.3) is 11.0 Å². The molecular weight excluding hydrogens is 220 g/mol. The number of hydrogen-bond donors (Lipinski definition) is 3. The van der Waals surface area contributed by atoms with Gasteiger partial charge in [-0.2, -0.15) is 0 Å². The summed E-state index contributed by atoms with van der Waals surface area (Å²) in [6.45, 7) is 1.54. The predicted molar refractivity (Wildman–Crippen MR) is 62.2 cm³/mol. The maximum Gasteiger partial charge on any atom is 0.251 e. The quantitative estimate of drug-likeness (QED) is 0.702. The second kappa shape index (κ2) is 4.25. The molecule has 0 bridgehead atoms. The molecule has 6 nitrogen and oxygen atoms in total. The van der Waals surface area contributed by atoms with Crippen molar-refractivity contribution in [1.82, 2.24) is 15.3 Å². The number of nitrogens with two attached hydrogens (primary N) is 1. The molecule has 1 aromatic heterocycles. The zero-order valence-electron chi connectivity index (χ0n) is 9.23. The lowest BCUT2D eigenvalue weighted by atomic mass is 10.1. The number of nitrogens with one attached hydrogen (secondary N) is 2. The van der Waals surface area contributed by atoms with E-state index in [4.69, 9.17) is 5.73 Å². The Morgan fingerprint density at radius 1 is 1.47 bits per heavy atom. The van der Waals surface area contributed by atoms with Gasteiger partial charge in [-0.25, -0.2) is 4.98 Å². The molecule has 17 heavy (non-hydrogen) atoms. The predicted octanol–water partition coefficient (Wildman–Crippen LogP) is 0.167. The van der Waals surface area contributed by atoms with Crippen molar-refractivity contribution in [3.8, 4) is 0 Å². The first kappa shape index (κ1) is 11.1. The van der Waals surface area contributed by atoms with Crippen LogP contribution in [-0.2, 0) is 4.79 Å². The Bertz CT molecular complexity index is 576. The third-order valence-electron chi connectivity index (χ3n) is 2.46. The Labute approximate surface area is 97.2 Å². The molecule has 0 aliphatic carbocycles. The van der Waals surface area contributed by atoms with Crippen LogP contribution in [0.2, 0.25) is 0 Å². The largest absolute Gasteiger partial charge is 0.368 e. The van der Waals surface area contributed by atoms with Crippen LogP contribution in [-0.4, -0.2) is 27.8 Å². The molecule has 0 aliphatic rings. The van der Waals surface area contributed by atoms with E-state index in [1.54, 1.807) is 24.5 Å². The van der Waals surface area contributed by atoms with E-state index in [1.807, 2.05) is 0 Å². The molecule has 1 heterocycles. The summed E-state index contributed by atoms with van der Waals surface area (Å²) < 4.78 is 0. The van der Waals surface area contributed by atoms with Gasteiger partial charge in [-0.1, -0.05) is 0 Å². The molecule has 2 rings (SSSR count). The average molecular weight is 232 g/mol. The molecule has 4 N–H and O–H groups in total. The number of imidazole rings is 1. The smallest absolute Gasteiger partial charge is 0.251 e. The molecule has 2 amide bonds. The Morgan fingerprint density at radius 3 is 2.94 bits per heavy atom. The summed E-state index contributed by atoms with van der Waals surface area (Å²) in [5.74, 6) is -0.909. The van der Waals surface area contributed by atoms with Crippen LogP contribution < -0.4 is 11.1 Å². The zero-order chi connectivity index (χ0) is 12.4. The number of rotatable bonds is 3. The summed E-state index contributed by atoms with van der Waals surface area (Å²) in [6.07, 6.45) is 1.55. The average Bonchev–Trinajstić information content (AvgIpc) is 2.75. The maximum atomic E-state index is 11.8. The monoisotopic (exact) mass is 232 g/mol. The lowest BCUT2D eigenvalue weighted by Gasteiger charge is -2.09. The van der Waals surface area contributed by atoms with Crippen LogP contribution in [0.5, 0.6) is 0 Å². The van der Waals surface area contributed by atoms with Gasteiger partial charge < -0.3 is 16.0 Å². The molecule has 1 aromatic carbocycles. The van der Waals surface area contributed by atoms with Crippen LogP contribution in [0.3, 0.4) is 0 Å². The summed E-state index contributed by atoms with van der Waals surface area (Å²) in [4.78, 5) is 29.6. The van der Waals surface area contributed by atoms with E-state index in [2.05, 4.69) is 15.3 Å². The molecular formula is C11H12N4O2. The highest BCUT2D eigenvalue weighted by Gasteiger charge is 2.14. The van der Waals surface area contributed by atoms with E-state index < -0.39 is 11.9 Å². The standard InChI is InChI=1S/C11H12N4O2/c1-6(10(12)16)15-11(17)7-2-3-8-9(4-7)14-5-13-8/h2-6H,1H3,(H2,12,16)(H,13,14)(H,15,17). The number of amides is 2. The van der Waals surface area contributed by atoms with Gasteiger partial charge in [0, 0.05) is 5.56 Å². The molecule has 1 unspecified atom stereocenters. The van der Waals surface area contributed by atoms with Crippen LogP contribution in [0.15, 0.2) is 24.5 Å². The van der Waals surface area contributed by atoms with Crippen molar-refractivity contribution in [3.05, 3.63) is 30.1 Å². The number of hydrogen-bond acceptors (Lipinski definition) is 3. The topological polar surface area (TPSA) is 101 Å². The van der Waals surface area contributed by atoms with E-state index in [9.17, 15) is 9.59 Å². The van der Waals surface area contributed by atoms with Crippen molar-refractivity contribution in [3.63, 3.8) is 0 Å². The van der Waals surface area contributed by atoms with Gasteiger partial charge in [-0.05, 0) is 25.1 Å². The minimum absolute atomic E-state index is 0.340. The van der Waals surface area contributed by atoms with Gasteiger partial charge in [0.25, 0.3) is 5.91 Å². The lowest BCUT2D eigenvalue weighted by Crippen LogP contribution is -2.42. The number of benzene rings is 1. The van der Waals surface area contributed by atoms with Crippen molar-refractivity contribution in [2.45, 2.75) is 13.0 Å². The normalized spacial score (nSPS) is 12.3. The number of aromatic nitrogens is 2. The first-order chi connectivity index (χ1) is 8.08. The Hall–Kier alpha value is -2.37. The summed E-state index contributed by atoms with van der Waals surface area (Å²) in [6, 6.07) is 4.35. The fourth-order valence-corrected chi connectivity index (χ4v) is 1.43. The Morgan fingerprint density at radius 2 is 2.24 bits per heavy atom. The fraction of sp³-hybridized carbons (Fsp3) is 0.182. The zero-order valence-corrected chi connectivity index (χ0v) is 9.23. The van der Waals surface area contributed by atoms with Crippen molar-refractivity contribution < 1.29 is 9.59 Å². The van der Waals surface area contributed by atoms with Crippen molar-refractivity contribution >= 4 is 22.8 Å². The number of carbonyl (C=O) groups is 2. The van der Waals surface area contributed by atoms with Crippen LogP contribution in [0.1, 0.15) is 17.3 Å². The third kappa shape index (κ3) is 2.25. The van der Waals surface area contributed by atoms with E-state index in [-0.39, 0.29) is 5.91 Å². The highest BCUT2D eigenvalue weighted by molar-refractivity contribution is 5.99. The highest BCUT2D eigenvalue weighted by Crippen LogP contribution is 2.11. The maximum absolute atomic E-state index is 11.8. The van der Waals surface area contributed by atoms with Crippen molar-refractivity contribution in [2.75, 3.05) is 0 Å². The number of carbonyl (C=O) groups excluding carboxylic acids is 2. The van der Waals surface area contributed by atoms with Crippen LogP contribution >= 0.6 is 0 Å². The minimum Gasteiger partial charge on any atom is -0.368 e. The van der Waals surface area contributed by atoms with E-state index in [0.29, 0.717) is 5.56 Å². The molecule has 2 aromatic rings. The van der Waals surface area contributed by atoms with Gasteiger partial charge in [-0.15, -0.1) is 0 Å². The third-order valence-corrected chi connectivity index (χ3v) is 2.46. The molecule has 0 saturated carbocycles. The van der Waals surface area contributed by atoms with Gasteiger partial charge in [0.05, 0.1) is 17.4 Å². The molecule has 0 fully saturated rings. The molecule has 1 atom stereocenters. The molecule has 0 saturated heterocycles. The van der Waals surface area contributed by atoms with E-state index in [0.717, 1.165) is 11.0 Å². The Kier molecular flexibility index (Phi) is 2.78. The number of fused-ring (bicyclic) bond motifs is 1. The van der Waals surface area contributed by atoms with Crippen LogP contribution in [0, 0.1) is 0 Å². The van der Waals surface area contributed by atoms with Gasteiger partial charge in [-0.3, -0.25) is 9.59 Å². The first-order valence-corrected chi connectivity index (χ1v) is 5.11. The van der Waals surface area contributed by atoms with Crippen molar-refractivity contribution in [1.29, 1.82) is 0 Å². The number of primary amides is 1. The van der Waals surface area contributed by atoms with E-state index in [1.165, 1.54) is 6.92 Å². The van der Waals surface area contributed by atoms with Gasteiger partial charge in [0.2, 0.25) is 5.91 Å². The second-order valence-corrected chi connectivity index (χ2v) is 3.73. The SMILES string of the molecule is CC(NC(=O)c1ccc2nc[nH]c2c1)C(N)=O. The summed E-state index contributed by atoms with van der Waals surface area (Å²) >= 11 is 0.